The molecule has 0 radical (unpaired) electrons. The summed E-state index contributed by atoms with van der Waals surface area (Å²) in [6, 6.07) is 24.6. The maximum Gasteiger partial charge on any atom is 0.352 e. The number of benzene rings is 4. The summed E-state index contributed by atoms with van der Waals surface area (Å²) in [6.45, 7) is 0.0530. The maximum atomic E-state index is 13.4. The van der Waals surface area contributed by atoms with Crippen molar-refractivity contribution in [3.05, 3.63) is 101 Å². The third-order valence-electron chi connectivity index (χ3n) is 6.07. The first-order chi connectivity index (χ1) is 18.2. The van der Waals surface area contributed by atoms with Crippen LogP contribution in [0, 0.1) is 10.1 Å². The molecule has 198 valence electrons. The second-order valence-corrected chi connectivity index (χ2v) is 10.8. The molecule has 0 aromatic heterocycles. The van der Waals surface area contributed by atoms with Crippen molar-refractivity contribution < 1.29 is 22.8 Å². The number of fused-ring (bicyclic) bond motifs is 1. The van der Waals surface area contributed by atoms with E-state index in [0.717, 1.165) is 16.6 Å². The summed E-state index contributed by atoms with van der Waals surface area (Å²) in [5.41, 5.74) is 1.47. The molecule has 4 rings (SSSR count). The van der Waals surface area contributed by atoms with Crippen LogP contribution in [0.2, 0.25) is 0 Å². The zero-order chi connectivity index (χ0) is 27.3. The van der Waals surface area contributed by atoms with Gasteiger partial charge in [0.05, 0.1) is 9.82 Å². The standard InChI is InChI=1S/C28H29N3O6S/c1-29(2)24-14-7-13-23-22(24)12-8-17-27(23)38(34,35)30(3)18-19-36-25-15-9-16-26(28(25)31(32)33)37-20-21-10-5-4-6-11-21/h4-17H,18-20H2,1-3H3. The van der Waals surface area contributed by atoms with Crippen molar-refractivity contribution in [2.75, 3.05) is 39.2 Å². The summed E-state index contributed by atoms with van der Waals surface area (Å²) in [4.78, 5) is 13.4. The number of hydrogen-bond acceptors (Lipinski definition) is 7. The molecule has 0 amide bonds. The van der Waals surface area contributed by atoms with Crippen molar-refractivity contribution in [1.82, 2.24) is 4.31 Å². The van der Waals surface area contributed by atoms with Gasteiger partial charge in [0, 0.05) is 44.1 Å². The van der Waals surface area contributed by atoms with E-state index in [1.165, 1.54) is 23.5 Å². The Labute approximate surface area is 222 Å². The van der Waals surface area contributed by atoms with Crippen molar-refractivity contribution in [1.29, 1.82) is 0 Å². The van der Waals surface area contributed by atoms with Gasteiger partial charge < -0.3 is 14.4 Å². The molecule has 38 heavy (non-hydrogen) atoms. The van der Waals surface area contributed by atoms with E-state index in [0.29, 0.717) is 5.39 Å². The fraction of sp³-hybridized carbons (Fsp3) is 0.214. The van der Waals surface area contributed by atoms with E-state index in [2.05, 4.69) is 0 Å². The predicted molar refractivity (Wildman–Crippen MR) is 147 cm³/mol. The average Bonchev–Trinajstić information content (AvgIpc) is 2.91. The molecule has 0 aliphatic rings. The third kappa shape index (κ3) is 5.71. The molecular formula is C28H29N3O6S. The van der Waals surface area contributed by atoms with Gasteiger partial charge in [-0.2, -0.15) is 4.31 Å². The van der Waals surface area contributed by atoms with E-state index in [1.807, 2.05) is 67.5 Å². The number of hydrogen-bond donors (Lipinski definition) is 0. The number of likely N-dealkylation sites (N-methyl/N-ethyl adjacent to an activating group) is 1. The summed E-state index contributed by atoms with van der Waals surface area (Å²) >= 11 is 0. The Morgan fingerprint density at radius 3 is 2.11 bits per heavy atom. The van der Waals surface area contributed by atoms with E-state index in [-0.39, 0.29) is 41.8 Å². The van der Waals surface area contributed by atoms with Gasteiger partial charge in [0.2, 0.25) is 21.5 Å². The van der Waals surface area contributed by atoms with E-state index >= 15 is 0 Å². The van der Waals surface area contributed by atoms with E-state index in [4.69, 9.17) is 9.47 Å². The van der Waals surface area contributed by atoms with Crippen molar-refractivity contribution in [2.24, 2.45) is 0 Å². The smallest absolute Gasteiger partial charge is 0.352 e. The predicted octanol–water partition coefficient (Wildman–Crippen LogP) is 5.09. The van der Waals surface area contributed by atoms with Crippen molar-refractivity contribution in [3.8, 4) is 11.5 Å². The largest absolute Gasteiger partial charge is 0.485 e. The van der Waals surface area contributed by atoms with Crippen LogP contribution < -0.4 is 14.4 Å². The highest BCUT2D eigenvalue weighted by Crippen LogP contribution is 2.37. The minimum absolute atomic E-state index is 0.00662. The van der Waals surface area contributed by atoms with Crippen LogP contribution in [0.25, 0.3) is 10.8 Å². The molecule has 0 aliphatic carbocycles. The van der Waals surface area contributed by atoms with Crippen LogP contribution in [-0.4, -0.2) is 51.9 Å². The molecule has 0 heterocycles. The topological polar surface area (TPSA) is 102 Å². The van der Waals surface area contributed by atoms with E-state index in [9.17, 15) is 18.5 Å². The normalized spacial score (nSPS) is 11.5. The molecule has 0 saturated carbocycles. The fourth-order valence-corrected chi connectivity index (χ4v) is 5.46. The van der Waals surface area contributed by atoms with Crippen molar-refractivity contribution in [3.63, 3.8) is 0 Å². The molecule has 0 aliphatic heterocycles. The van der Waals surface area contributed by atoms with Gasteiger partial charge in [0.25, 0.3) is 0 Å². The summed E-state index contributed by atoms with van der Waals surface area (Å²) in [7, 11) is 1.41. The molecule has 10 heteroatoms. The number of rotatable bonds is 11. The number of para-hydroxylation sites is 1. The van der Waals surface area contributed by atoms with Crippen LogP contribution in [0.3, 0.4) is 0 Å². The number of ether oxygens (including phenoxy) is 2. The van der Waals surface area contributed by atoms with Gasteiger partial charge in [0.15, 0.2) is 0 Å². The van der Waals surface area contributed by atoms with E-state index in [1.54, 1.807) is 24.3 Å². The van der Waals surface area contributed by atoms with Crippen LogP contribution in [0.4, 0.5) is 11.4 Å². The summed E-state index contributed by atoms with van der Waals surface area (Å²) < 4.78 is 39.5. The second-order valence-electron chi connectivity index (χ2n) is 8.83. The third-order valence-corrected chi connectivity index (χ3v) is 7.99. The summed E-state index contributed by atoms with van der Waals surface area (Å²) in [6.07, 6.45) is 0. The Hall–Kier alpha value is -4.15. The van der Waals surface area contributed by atoms with Crippen molar-refractivity contribution >= 4 is 32.2 Å². The molecule has 0 fully saturated rings. The zero-order valence-corrected chi connectivity index (χ0v) is 22.2. The molecule has 4 aromatic carbocycles. The number of nitro groups is 1. The molecule has 0 N–H and O–H groups in total. The highest BCUT2D eigenvalue weighted by Gasteiger charge is 2.26. The molecule has 9 nitrogen and oxygen atoms in total. The van der Waals surface area contributed by atoms with Gasteiger partial charge >= 0.3 is 5.69 Å². The lowest BCUT2D eigenvalue weighted by molar-refractivity contribution is -0.386. The zero-order valence-electron chi connectivity index (χ0n) is 21.4. The first-order valence-electron chi connectivity index (χ1n) is 11.9. The van der Waals surface area contributed by atoms with Gasteiger partial charge in [-0.15, -0.1) is 0 Å². The molecule has 0 unspecified atom stereocenters. The Morgan fingerprint density at radius 2 is 1.42 bits per heavy atom. The van der Waals surface area contributed by atoms with Crippen LogP contribution >= 0.6 is 0 Å². The van der Waals surface area contributed by atoms with Gasteiger partial charge in [-0.05, 0) is 29.8 Å². The Kier molecular flexibility index (Phi) is 8.13. The van der Waals surface area contributed by atoms with Crippen LogP contribution in [0.1, 0.15) is 5.56 Å². The monoisotopic (exact) mass is 535 g/mol. The van der Waals surface area contributed by atoms with Gasteiger partial charge in [-0.25, -0.2) is 8.42 Å². The van der Waals surface area contributed by atoms with Crippen LogP contribution in [-0.2, 0) is 16.6 Å². The van der Waals surface area contributed by atoms with Gasteiger partial charge in [0.1, 0.15) is 13.2 Å². The van der Waals surface area contributed by atoms with Crippen LogP contribution in [0.5, 0.6) is 11.5 Å². The number of anilines is 1. The molecular weight excluding hydrogens is 506 g/mol. The fourth-order valence-electron chi connectivity index (χ4n) is 4.10. The molecule has 0 atom stereocenters. The summed E-state index contributed by atoms with van der Waals surface area (Å²) in [5, 5.41) is 13.3. The lowest BCUT2D eigenvalue weighted by atomic mass is 10.1. The SMILES string of the molecule is CN(C)c1cccc2c(S(=O)(=O)N(C)CCOc3cccc(OCc4ccccc4)c3[N+](=O)[O-])cccc12. The number of nitro benzene ring substituents is 1. The summed E-state index contributed by atoms with van der Waals surface area (Å²) in [5.74, 6) is 0.0805. The first-order valence-corrected chi connectivity index (χ1v) is 13.4. The Morgan fingerprint density at radius 1 is 0.789 bits per heavy atom. The molecule has 4 aromatic rings. The van der Waals surface area contributed by atoms with Crippen molar-refractivity contribution in [2.45, 2.75) is 11.5 Å². The van der Waals surface area contributed by atoms with E-state index < -0.39 is 14.9 Å². The van der Waals surface area contributed by atoms with Gasteiger partial charge in [-0.3, -0.25) is 10.1 Å². The van der Waals surface area contributed by atoms with Gasteiger partial charge in [-0.1, -0.05) is 60.7 Å². The Bertz CT molecular complexity index is 1540. The highest BCUT2D eigenvalue weighted by molar-refractivity contribution is 7.89. The number of sulfonamides is 1. The second kappa shape index (κ2) is 11.5. The quantitative estimate of drug-likeness (QED) is 0.195. The minimum atomic E-state index is -3.86. The molecule has 0 spiro atoms. The molecule has 0 saturated heterocycles. The molecule has 0 bridgehead atoms. The highest BCUT2D eigenvalue weighted by atomic mass is 32.2. The maximum absolute atomic E-state index is 13.4. The average molecular weight is 536 g/mol. The number of nitrogens with zero attached hydrogens (tertiary/aromatic N) is 3. The Balaban J connectivity index is 1.50. The van der Waals surface area contributed by atoms with Crippen LogP contribution in [0.15, 0.2) is 89.8 Å². The lowest BCUT2D eigenvalue weighted by Gasteiger charge is -2.20. The first kappa shape index (κ1) is 26.9. The lowest BCUT2D eigenvalue weighted by Crippen LogP contribution is -2.31. The minimum Gasteiger partial charge on any atom is -0.485 e.